The van der Waals surface area contributed by atoms with Crippen LogP contribution in [0.15, 0.2) is 24.3 Å². The number of anilines is 2. The van der Waals surface area contributed by atoms with Crippen LogP contribution in [-0.4, -0.2) is 35.6 Å². The van der Waals surface area contributed by atoms with Crippen LogP contribution in [0.25, 0.3) is 0 Å². The van der Waals surface area contributed by atoms with Crippen molar-refractivity contribution in [2.24, 2.45) is 0 Å². The molecule has 1 aliphatic rings. The van der Waals surface area contributed by atoms with Crippen molar-refractivity contribution in [3.63, 3.8) is 0 Å². The number of aryl methyl sites for hydroxylation is 2. The summed E-state index contributed by atoms with van der Waals surface area (Å²) in [6, 6.07) is 7.60. The van der Waals surface area contributed by atoms with Crippen molar-refractivity contribution in [2.45, 2.75) is 40.0 Å². The van der Waals surface area contributed by atoms with E-state index in [0.29, 0.717) is 11.8 Å². The highest BCUT2D eigenvalue weighted by Crippen LogP contribution is 2.20. The monoisotopic (exact) mass is 354 g/mol. The molecule has 0 aliphatic carbocycles. The molecule has 1 aromatic carbocycles. The number of ether oxygens (including phenoxy) is 1. The zero-order valence-electron chi connectivity index (χ0n) is 15.7. The van der Waals surface area contributed by atoms with Crippen molar-refractivity contribution in [2.75, 3.05) is 29.9 Å². The maximum Gasteiger partial charge on any atom is 0.262 e. The molecule has 6 heteroatoms. The topological polar surface area (TPSA) is 67.3 Å². The summed E-state index contributed by atoms with van der Waals surface area (Å²) in [6.45, 7) is 7.78. The highest BCUT2D eigenvalue weighted by atomic mass is 16.5. The Labute approximate surface area is 154 Å². The Hall–Kier alpha value is -2.63. The van der Waals surface area contributed by atoms with Gasteiger partial charge in [0, 0.05) is 30.5 Å². The number of hydrogen-bond donors (Lipinski definition) is 1. The van der Waals surface area contributed by atoms with Gasteiger partial charge in [-0.3, -0.25) is 4.79 Å². The Balaban J connectivity index is 1.62. The van der Waals surface area contributed by atoms with Gasteiger partial charge >= 0.3 is 0 Å². The zero-order valence-corrected chi connectivity index (χ0v) is 15.7. The molecule has 1 saturated heterocycles. The van der Waals surface area contributed by atoms with Gasteiger partial charge in [-0.15, -0.1) is 0 Å². The molecule has 6 nitrogen and oxygen atoms in total. The zero-order chi connectivity index (χ0) is 18.5. The SMILES string of the molecule is Cc1cc(OCC(=O)Nc2cccc(C)c2C)nc(N2CCCCC2)n1. The molecule has 2 aromatic rings. The molecule has 1 aromatic heterocycles. The van der Waals surface area contributed by atoms with Gasteiger partial charge in [-0.1, -0.05) is 12.1 Å². The Kier molecular flexibility index (Phi) is 5.71. The summed E-state index contributed by atoms with van der Waals surface area (Å²) in [5.41, 5.74) is 3.85. The van der Waals surface area contributed by atoms with Gasteiger partial charge in [0.2, 0.25) is 11.8 Å². The minimum absolute atomic E-state index is 0.0801. The highest BCUT2D eigenvalue weighted by Gasteiger charge is 2.15. The predicted molar refractivity (Wildman–Crippen MR) is 103 cm³/mol. The van der Waals surface area contributed by atoms with Crippen molar-refractivity contribution in [1.82, 2.24) is 9.97 Å². The summed E-state index contributed by atoms with van der Waals surface area (Å²) in [4.78, 5) is 23.4. The van der Waals surface area contributed by atoms with Crippen LogP contribution < -0.4 is 15.0 Å². The van der Waals surface area contributed by atoms with Crippen LogP contribution in [0, 0.1) is 20.8 Å². The number of hydrogen-bond acceptors (Lipinski definition) is 5. The molecular formula is C20H26N4O2. The molecule has 1 N–H and O–H groups in total. The molecule has 0 atom stereocenters. The molecule has 0 spiro atoms. The van der Waals surface area contributed by atoms with Crippen LogP contribution >= 0.6 is 0 Å². The number of amides is 1. The number of rotatable bonds is 5. The lowest BCUT2D eigenvalue weighted by Crippen LogP contribution is -2.31. The summed E-state index contributed by atoms with van der Waals surface area (Å²) in [6.07, 6.45) is 3.57. The van der Waals surface area contributed by atoms with E-state index in [-0.39, 0.29) is 12.5 Å². The number of piperidine rings is 1. The number of nitrogens with one attached hydrogen (secondary N) is 1. The fourth-order valence-corrected chi connectivity index (χ4v) is 3.05. The third-order valence-electron chi connectivity index (χ3n) is 4.69. The van der Waals surface area contributed by atoms with Crippen LogP contribution in [0.1, 0.15) is 36.1 Å². The standard InChI is InChI=1S/C20H26N4O2/c1-14-8-7-9-17(16(14)3)22-18(25)13-26-19-12-15(2)21-20(23-19)24-10-5-4-6-11-24/h7-9,12H,4-6,10-11,13H2,1-3H3,(H,22,25). The quantitative estimate of drug-likeness (QED) is 0.891. The molecule has 0 bridgehead atoms. The molecule has 1 aliphatic heterocycles. The highest BCUT2D eigenvalue weighted by molar-refractivity contribution is 5.92. The van der Waals surface area contributed by atoms with E-state index >= 15 is 0 Å². The maximum atomic E-state index is 12.2. The van der Waals surface area contributed by atoms with Crippen molar-refractivity contribution >= 4 is 17.5 Å². The normalized spacial score (nSPS) is 14.2. The first-order valence-electron chi connectivity index (χ1n) is 9.12. The Morgan fingerprint density at radius 3 is 2.69 bits per heavy atom. The lowest BCUT2D eigenvalue weighted by molar-refractivity contribution is -0.118. The van der Waals surface area contributed by atoms with Gasteiger partial charge in [0.1, 0.15) is 0 Å². The van der Waals surface area contributed by atoms with E-state index in [4.69, 9.17) is 4.74 Å². The number of nitrogens with zero attached hydrogens (tertiary/aromatic N) is 3. The van der Waals surface area contributed by atoms with Gasteiger partial charge in [-0.2, -0.15) is 4.98 Å². The van der Waals surface area contributed by atoms with Crippen LogP contribution in [0.5, 0.6) is 5.88 Å². The van der Waals surface area contributed by atoms with Crippen molar-refractivity contribution in [3.05, 3.63) is 41.1 Å². The van der Waals surface area contributed by atoms with E-state index in [9.17, 15) is 4.79 Å². The molecule has 3 rings (SSSR count). The van der Waals surface area contributed by atoms with E-state index in [1.165, 1.54) is 6.42 Å². The van der Waals surface area contributed by atoms with Crippen molar-refractivity contribution in [1.29, 1.82) is 0 Å². The van der Waals surface area contributed by atoms with Crippen molar-refractivity contribution in [3.8, 4) is 5.88 Å². The molecule has 1 fully saturated rings. The first-order chi connectivity index (χ1) is 12.5. The maximum absolute atomic E-state index is 12.2. The molecule has 138 valence electrons. The molecule has 0 unspecified atom stereocenters. The molecule has 2 heterocycles. The first-order valence-corrected chi connectivity index (χ1v) is 9.12. The van der Waals surface area contributed by atoms with E-state index in [1.54, 1.807) is 6.07 Å². The summed E-state index contributed by atoms with van der Waals surface area (Å²) >= 11 is 0. The van der Waals surface area contributed by atoms with Crippen LogP contribution in [0.2, 0.25) is 0 Å². The predicted octanol–water partition coefficient (Wildman–Crippen LogP) is 3.41. The lowest BCUT2D eigenvalue weighted by Gasteiger charge is -2.26. The molecule has 0 radical (unpaired) electrons. The van der Waals surface area contributed by atoms with Gasteiger partial charge in [0.25, 0.3) is 5.91 Å². The van der Waals surface area contributed by atoms with Crippen LogP contribution in [0.3, 0.4) is 0 Å². The van der Waals surface area contributed by atoms with Gasteiger partial charge in [0.15, 0.2) is 6.61 Å². The third kappa shape index (κ3) is 4.50. The van der Waals surface area contributed by atoms with E-state index in [0.717, 1.165) is 48.4 Å². The smallest absolute Gasteiger partial charge is 0.262 e. The third-order valence-corrected chi connectivity index (χ3v) is 4.69. The fraction of sp³-hybridized carbons (Fsp3) is 0.450. The molecule has 1 amide bonds. The van der Waals surface area contributed by atoms with E-state index < -0.39 is 0 Å². The molecule has 0 saturated carbocycles. The minimum Gasteiger partial charge on any atom is -0.467 e. The number of carbonyl (C=O) groups excluding carboxylic acids is 1. The molecule has 26 heavy (non-hydrogen) atoms. The Morgan fingerprint density at radius 2 is 1.92 bits per heavy atom. The minimum atomic E-state index is -0.200. The van der Waals surface area contributed by atoms with E-state index in [2.05, 4.69) is 20.2 Å². The Bertz CT molecular complexity index is 785. The average Bonchev–Trinajstić information content (AvgIpc) is 2.64. The molecular weight excluding hydrogens is 328 g/mol. The second-order valence-corrected chi connectivity index (χ2v) is 6.78. The second-order valence-electron chi connectivity index (χ2n) is 6.78. The summed E-state index contributed by atoms with van der Waals surface area (Å²) < 4.78 is 5.63. The largest absolute Gasteiger partial charge is 0.467 e. The van der Waals surface area contributed by atoms with E-state index in [1.807, 2.05) is 39.0 Å². The second kappa shape index (κ2) is 8.17. The number of benzene rings is 1. The fourth-order valence-electron chi connectivity index (χ4n) is 3.05. The number of aromatic nitrogens is 2. The average molecular weight is 354 g/mol. The van der Waals surface area contributed by atoms with Gasteiger partial charge in [-0.25, -0.2) is 4.98 Å². The Morgan fingerprint density at radius 1 is 1.15 bits per heavy atom. The van der Waals surface area contributed by atoms with Gasteiger partial charge < -0.3 is 15.0 Å². The summed E-state index contributed by atoms with van der Waals surface area (Å²) in [5, 5.41) is 2.90. The van der Waals surface area contributed by atoms with Crippen LogP contribution in [-0.2, 0) is 4.79 Å². The summed E-state index contributed by atoms with van der Waals surface area (Å²) in [5.74, 6) is 0.929. The lowest BCUT2D eigenvalue weighted by atomic mass is 10.1. The first kappa shape index (κ1) is 18.2. The van der Waals surface area contributed by atoms with Crippen molar-refractivity contribution < 1.29 is 9.53 Å². The summed E-state index contributed by atoms with van der Waals surface area (Å²) in [7, 11) is 0. The van der Waals surface area contributed by atoms with Gasteiger partial charge in [-0.05, 0) is 57.2 Å². The number of carbonyl (C=O) groups is 1. The van der Waals surface area contributed by atoms with Crippen LogP contribution in [0.4, 0.5) is 11.6 Å². The van der Waals surface area contributed by atoms with Gasteiger partial charge in [0.05, 0.1) is 0 Å².